The van der Waals surface area contributed by atoms with Gasteiger partial charge >= 0.3 is 5.97 Å². The molecule has 2 atom stereocenters. The summed E-state index contributed by atoms with van der Waals surface area (Å²) >= 11 is 0. The van der Waals surface area contributed by atoms with E-state index in [1.54, 1.807) is 31.2 Å². The average molecular weight is 309 g/mol. The molecule has 2 aromatic carbocycles. The molecule has 4 nitrogen and oxygen atoms in total. The van der Waals surface area contributed by atoms with Crippen molar-refractivity contribution < 1.29 is 14.3 Å². The summed E-state index contributed by atoms with van der Waals surface area (Å²) < 4.78 is 5.20. The fraction of sp³-hybridized carbons (Fsp3) is 0.263. The summed E-state index contributed by atoms with van der Waals surface area (Å²) in [6.45, 7) is 2.06. The average Bonchev–Trinajstić information content (AvgIpc) is 3.32. The van der Waals surface area contributed by atoms with Gasteiger partial charge in [0.1, 0.15) is 5.54 Å². The number of benzene rings is 2. The molecule has 0 bridgehead atoms. The molecule has 0 saturated heterocycles. The van der Waals surface area contributed by atoms with Gasteiger partial charge in [-0.3, -0.25) is 4.79 Å². The van der Waals surface area contributed by atoms with Crippen LogP contribution in [0.5, 0.6) is 0 Å². The normalized spacial score (nSPS) is 22.2. The quantitative estimate of drug-likeness (QED) is 0.864. The highest BCUT2D eigenvalue weighted by atomic mass is 16.5. The molecular formula is C19H19NO3. The fourth-order valence-electron chi connectivity index (χ4n) is 2.89. The minimum Gasteiger partial charge on any atom is -0.464 e. The number of carbonyl (C=O) groups excluding carboxylic acids is 2. The van der Waals surface area contributed by atoms with E-state index in [4.69, 9.17) is 4.74 Å². The first-order valence-corrected chi connectivity index (χ1v) is 7.77. The van der Waals surface area contributed by atoms with E-state index < -0.39 is 5.54 Å². The van der Waals surface area contributed by atoms with Crippen molar-refractivity contribution in [3.8, 4) is 0 Å². The summed E-state index contributed by atoms with van der Waals surface area (Å²) in [5, 5.41) is 2.90. The Morgan fingerprint density at radius 3 is 2.30 bits per heavy atom. The van der Waals surface area contributed by atoms with Gasteiger partial charge in [-0.1, -0.05) is 48.5 Å². The second-order valence-corrected chi connectivity index (χ2v) is 5.68. The van der Waals surface area contributed by atoms with Crippen molar-refractivity contribution in [1.29, 1.82) is 0 Å². The Bertz CT molecular complexity index is 699. The molecule has 3 rings (SSSR count). The Balaban J connectivity index is 1.84. The van der Waals surface area contributed by atoms with E-state index in [1.807, 2.05) is 36.4 Å². The molecule has 1 fully saturated rings. The largest absolute Gasteiger partial charge is 0.464 e. The molecular weight excluding hydrogens is 290 g/mol. The maximum atomic E-state index is 12.5. The van der Waals surface area contributed by atoms with Gasteiger partial charge in [0.2, 0.25) is 0 Å². The number of hydrogen-bond donors (Lipinski definition) is 1. The zero-order valence-corrected chi connectivity index (χ0v) is 13.0. The molecule has 2 unspecified atom stereocenters. The molecule has 0 aromatic heterocycles. The number of hydrogen-bond acceptors (Lipinski definition) is 3. The third kappa shape index (κ3) is 2.97. The lowest BCUT2D eigenvalue weighted by atomic mass is 10.1. The van der Waals surface area contributed by atoms with Crippen LogP contribution in [0.1, 0.15) is 35.2 Å². The maximum Gasteiger partial charge on any atom is 0.332 e. The van der Waals surface area contributed by atoms with Crippen LogP contribution >= 0.6 is 0 Å². The molecule has 0 radical (unpaired) electrons. The van der Waals surface area contributed by atoms with E-state index >= 15 is 0 Å². The number of amides is 1. The Labute approximate surface area is 135 Å². The van der Waals surface area contributed by atoms with E-state index in [0.717, 1.165) is 5.56 Å². The second-order valence-electron chi connectivity index (χ2n) is 5.68. The van der Waals surface area contributed by atoms with Crippen molar-refractivity contribution in [3.63, 3.8) is 0 Å². The Kier molecular flexibility index (Phi) is 4.15. The van der Waals surface area contributed by atoms with Crippen LogP contribution in [0, 0.1) is 0 Å². The van der Waals surface area contributed by atoms with Crippen LogP contribution in [0.25, 0.3) is 0 Å². The van der Waals surface area contributed by atoms with Crippen LogP contribution in [-0.4, -0.2) is 24.0 Å². The predicted molar refractivity (Wildman–Crippen MR) is 87.1 cm³/mol. The molecule has 4 heteroatoms. The van der Waals surface area contributed by atoms with Crippen LogP contribution in [0.3, 0.4) is 0 Å². The molecule has 1 N–H and O–H groups in total. The monoisotopic (exact) mass is 309 g/mol. The van der Waals surface area contributed by atoms with Gasteiger partial charge in [0.05, 0.1) is 6.61 Å². The third-order valence-electron chi connectivity index (χ3n) is 4.18. The van der Waals surface area contributed by atoms with Gasteiger partial charge in [0, 0.05) is 11.5 Å². The van der Waals surface area contributed by atoms with E-state index in [9.17, 15) is 9.59 Å². The highest BCUT2D eigenvalue weighted by Gasteiger charge is 2.63. The molecule has 23 heavy (non-hydrogen) atoms. The van der Waals surface area contributed by atoms with E-state index in [-0.39, 0.29) is 17.8 Å². The summed E-state index contributed by atoms with van der Waals surface area (Å²) in [5.41, 5.74) is 0.619. The molecule has 0 aliphatic heterocycles. The molecule has 1 aliphatic carbocycles. The van der Waals surface area contributed by atoms with Gasteiger partial charge in [-0.25, -0.2) is 4.79 Å². The molecule has 1 saturated carbocycles. The number of ether oxygens (including phenoxy) is 1. The van der Waals surface area contributed by atoms with Crippen LogP contribution in [-0.2, 0) is 9.53 Å². The molecule has 0 heterocycles. The first-order valence-electron chi connectivity index (χ1n) is 7.77. The van der Waals surface area contributed by atoms with Gasteiger partial charge in [0.25, 0.3) is 5.91 Å². The standard InChI is InChI=1S/C19H19NO3/c1-2-23-18(22)19(13-16(19)14-9-5-3-6-10-14)20-17(21)15-11-7-4-8-12-15/h3-12,16H,2,13H2,1H3,(H,20,21). The van der Waals surface area contributed by atoms with Crippen LogP contribution in [0.4, 0.5) is 0 Å². The SMILES string of the molecule is CCOC(=O)C1(NC(=O)c2ccccc2)CC1c1ccccc1. The van der Waals surface area contributed by atoms with Crippen LogP contribution in [0.2, 0.25) is 0 Å². The Morgan fingerprint density at radius 1 is 1.09 bits per heavy atom. The summed E-state index contributed by atoms with van der Waals surface area (Å²) in [7, 11) is 0. The fourth-order valence-corrected chi connectivity index (χ4v) is 2.89. The number of rotatable bonds is 5. The van der Waals surface area contributed by atoms with Gasteiger partial charge < -0.3 is 10.1 Å². The van der Waals surface area contributed by atoms with Crippen molar-refractivity contribution in [2.45, 2.75) is 24.8 Å². The maximum absolute atomic E-state index is 12.5. The lowest BCUT2D eigenvalue weighted by molar-refractivity contribution is -0.146. The second kappa shape index (κ2) is 6.24. The van der Waals surface area contributed by atoms with Gasteiger partial charge in [-0.2, -0.15) is 0 Å². The zero-order chi connectivity index (χ0) is 16.3. The van der Waals surface area contributed by atoms with E-state index in [2.05, 4.69) is 5.32 Å². The minimum atomic E-state index is -0.954. The Hall–Kier alpha value is -2.62. The minimum absolute atomic E-state index is 0.0459. The van der Waals surface area contributed by atoms with Crippen molar-refractivity contribution in [3.05, 3.63) is 71.8 Å². The molecule has 2 aromatic rings. The van der Waals surface area contributed by atoms with Crippen molar-refractivity contribution >= 4 is 11.9 Å². The first-order chi connectivity index (χ1) is 11.2. The highest BCUT2D eigenvalue weighted by molar-refractivity contribution is 6.00. The van der Waals surface area contributed by atoms with Crippen molar-refractivity contribution in [2.24, 2.45) is 0 Å². The van der Waals surface area contributed by atoms with Crippen LogP contribution in [0.15, 0.2) is 60.7 Å². The zero-order valence-electron chi connectivity index (χ0n) is 13.0. The van der Waals surface area contributed by atoms with E-state index in [0.29, 0.717) is 18.6 Å². The predicted octanol–water partition coefficient (Wildman–Crippen LogP) is 2.91. The topological polar surface area (TPSA) is 55.4 Å². The summed E-state index contributed by atoms with van der Waals surface area (Å²) in [5.74, 6) is -0.661. The molecule has 118 valence electrons. The smallest absolute Gasteiger partial charge is 0.332 e. The number of carbonyl (C=O) groups is 2. The van der Waals surface area contributed by atoms with Crippen LogP contribution < -0.4 is 5.32 Å². The third-order valence-corrected chi connectivity index (χ3v) is 4.18. The van der Waals surface area contributed by atoms with Gasteiger partial charge in [-0.15, -0.1) is 0 Å². The van der Waals surface area contributed by atoms with Gasteiger partial charge in [-0.05, 0) is 31.0 Å². The summed E-state index contributed by atoms with van der Waals surface area (Å²) in [4.78, 5) is 24.9. The summed E-state index contributed by atoms with van der Waals surface area (Å²) in [6, 6.07) is 18.7. The number of nitrogens with one attached hydrogen (secondary N) is 1. The Morgan fingerprint density at radius 2 is 1.70 bits per heavy atom. The van der Waals surface area contributed by atoms with Crippen molar-refractivity contribution in [1.82, 2.24) is 5.32 Å². The summed E-state index contributed by atoms with van der Waals surface area (Å²) in [6.07, 6.45) is 0.564. The molecule has 1 amide bonds. The lowest BCUT2D eigenvalue weighted by Gasteiger charge is -2.18. The number of esters is 1. The van der Waals surface area contributed by atoms with Crippen molar-refractivity contribution in [2.75, 3.05) is 6.61 Å². The lowest BCUT2D eigenvalue weighted by Crippen LogP contribution is -2.45. The first kappa shape index (κ1) is 15.3. The highest BCUT2D eigenvalue weighted by Crippen LogP contribution is 2.52. The molecule has 1 aliphatic rings. The van der Waals surface area contributed by atoms with Gasteiger partial charge in [0.15, 0.2) is 0 Å². The molecule has 0 spiro atoms. The van der Waals surface area contributed by atoms with E-state index in [1.165, 1.54) is 0 Å².